The highest BCUT2D eigenvalue weighted by atomic mass is 32.1. The maximum atomic E-state index is 13.2. The second-order valence-electron chi connectivity index (χ2n) is 7.68. The van der Waals surface area contributed by atoms with E-state index in [-0.39, 0.29) is 18.0 Å². The maximum Gasteiger partial charge on any atom is 0.263 e. The molecule has 28 heavy (non-hydrogen) atoms. The Labute approximate surface area is 168 Å². The van der Waals surface area contributed by atoms with E-state index in [2.05, 4.69) is 24.1 Å². The van der Waals surface area contributed by atoms with E-state index < -0.39 is 0 Å². The number of hydrogen-bond acceptors (Lipinski definition) is 4. The minimum absolute atomic E-state index is 0.0237. The zero-order valence-electron chi connectivity index (χ0n) is 16.5. The zero-order chi connectivity index (χ0) is 19.8. The summed E-state index contributed by atoms with van der Waals surface area (Å²) in [6.07, 6.45) is 3.99. The van der Waals surface area contributed by atoms with Gasteiger partial charge in [-0.05, 0) is 61.8 Å². The van der Waals surface area contributed by atoms with E-state index >= 15 is 0 Å². The smallest absolute Gasteiger partial charge is 0.263 e. The molecule has 0 saturated heterocycles. The van der Waals surface area contributed by atoms with Crippen LogP contribution in [0.25, 0.3) is 10.2 Å². The van der Waals surface area contributed by atoms with Gasteiger partial charge in [-0.15, -0.1) is 11.3 Å². The minimum atomic E-state index is -0.215. The average Bonchev–Trinajstić information content (AvgIpc) is 3.02. The van der Waals surface area contributed by atoms with Gasteiger partial charge in [0, 0.05) is 10.6 Å². The molecule has 0 aliphatic heterocycles. The van der Waals surface area contributed by atoms with Gasteiger partial charge in [0.15, 0.2) is 0 Å². The lowest BCUT2D eigenvalue weighted by molar-refractivity contribution is -0.116. The van der Waals surface area contributed by atoms with Crippen LogP contribution in [0.15, 0.2) is 29.1 Å². The number of rotatable bonds is 4. The number of aromatic nitrogens is 2. The molecule has 5 nitrogen and oxygen atoms in total. The van der Waals surface area contributed by atoms with Crippen LogP contribution in [0.5, 0.6) is 0 Å². The number of hydrogen-bond donors (Lipinski definition) is 1. The van der Waals surface area contributed by atoms with Crippen molar-refractivity contribution in [3.05, 3.63) is 56.4 Å². The molecule has 1 aromatic carbocycles. The first kappa shape index (κ1) is 18.9. The molecule has 0 radical (unpaired) electrons. The molecular formula is C22H25N3O2S. The Morgan fingerprint density at radius 2 is 2.07 bits per heavy atom. The van der Waals surface area contributed by atoms with E-state index in [0.29, 0.717) is 11.7 Å². The molecule has 3 aromatic rings. The van der Waals surface area contributed by atoms with Crippen LogP contribution < -0.4 is 10.9 Å². The first-order valence-electron chi connectivity index (χ1n) is 9.86. The summed E-state index contributed by atoms with van der Waals surface area (Å²) >= 11 is 1.64. The van der Waals surface area contributed by atoms with Crippen LogP contribution in [-0.2, 0) is 30.6 Å². The molecule has 0 saturated carbocycles. The Morgan fingerprint density at radius 1 is 1.32 bits per heavy atom. The number of amides is 1. The van der Waals surface area contributed by atoms with Crippen LogP contribution in [0.3, 0.4) is 0 Å². The highest BCUT2D eigenvalue weighted by Gasteiger charge is 2.24. The molecule has 1 N–H and O–H groups in total. The molecule has 1 aliphatic rings. The van der Waals surface area contributed by atoms with E-state index in [1.165, 1.54) is 15.0 Å². The van der Waals surface area contributed by atoms with Gasteiger partial charge in [0.2, 0.25) is 5.91 Å². The Hall–Kier alpha value is -2.47. The molecule has 0 bridgehead atoms. The molecule has 6 heteroatoms. The predicted octanol–water partition coefficient (Wildman–Crippen LogP) is 4.09. The van der Waals surface area contributed by atoms with Crippen LogP contribution in [0.4, 0.5) is 5.69 Å². The maximum absolute atomic E-state index is 13.2. The van der Waals surface area contributed by atoms with Gasteiger partial charge < -0.3 is 5.32 Å². The monoisotopic (exact) mass is 395 g/mol. The van der Waals surface area contributed by atoms with E-state index in [1.807, 2.05) is 24.3 Å². The Bertz CT molecular complexity index is 1100. The van der Waals surface area contributed by atoms with Gasteiger partial charge in [-0.1, -0.05) is 26.0 Å². The summed E-state index contributed by atoms with van der Waals surface area (Å²) < 4.78 is 1.50. The Balaban J connectivity index is 1.63. The van der Waals surface area contributed by atoms with Crippen molar-refractivity contribution in [3.63, 3.8) is 0 Å². The van der Waals surface area contributed by atoms with Gasteiger partial charge in [-0.25, -0.2) is 4.98 Å². The molecule has 1 atom stereocenters. The average molecular weight is 396 g/mol. The highest BCUT2D eigenvalue weighted by molar-refractivity contribution is 7.18. The minimum Gasteiger partial charge on any atom is -0.325 e. The van der Waals surface area contributed by atoms with Gasteiger partial charge in [-0.2, -0.15) is 0 Å². The van der Waals surface area contributed by atoms with E-state index in [0.717, 1.165) is 47.2 Å². The first-order chi connectivity index (χ1) is 13.5. The lowest BCUT2D eigenvalue weighted by atomic mass is 9.89. The standard InChI is InChI=1S/C22H25N3O2S/c1-4-15-6-8-16(9-7-15)24-19(26)12-25-14(3)23-21-20(22(25)27)17-10-5-13(2)11-18(17)28-21/h6-9,13H,4-5,10-12H2,1-3H3,(H,24,26). The van der Waals surface area contributed by atoms with Crippen LogP contribution >= 0.6 is 11.3 Å². The van der Waals surface area contributed by atoms with Crippen molar-refractivity contribution < 1.29 is 4.79 Å². The summed E-state index contributed by atoms with van der Waals surface area (Å²) in [6, 6.07) is 7.78. The number of nitrogens with zero attached hydrogens (tertiary/aromatic N) is 2. The summed E-state index contributed by atoms with van der Waals surface area (Å²) in [7, 11) is 0. The fourth-order valence-corrected chi connectivity index (χ4v) is 5.30. The van der Waals surface area contributed by atoms with Gasteiger partial charge in [0.1, 0.15) is 17.2 Å². The Kier molecular flexibility index (Phi) is 5.06. The molecule has 1 unspecified atom stereocenters. The zero-order valence-corrected chi connectivity index (χ0v) is 17.4. The van der Waals surface area contributed by atoms with Gasteiger partial charge in [-0.3, -0.25) is 14.2 Å². The molecule has 0 fully saturated rings. The third kappa shape index (κ3) is 3.49. The third-order valence-electron chi connectivity index (χ3n) is 5.55. The summed E-state index contributed by atoms with van der Waals surface area (Å²) in [4.78, 5) is 32.5. The fourth-order valence-electron chi connectivity index (χ4n) is 3.88. The van der Waals surface area contributed by atoms with Crippen LogP contribution in [0, 0.1) is 12.8 Å². The van der Waals surface area contributed by atoms with Crippen LogP contribution in [-0.4, -0.2) is 15.5 Å². The fraction of sp³-hybridized carbons (Fsp3) is 0.409. The lowest BCUT2D eigenvalue weighted by Crippen LogP contribution is -2.30. The van der Waals surface area contributed by atoms with Crippen molar-refractivity contribution in [2.45, 2.75) is 53.0 Å². The van der Waals surface area contributed by atoms with Crippen LogP contribution in [0.2, 0.25) is 0 Å². The number of carbonyl (C=O) groups is 1. The second kappa shape index (κ2) is 7.51. The molecular weight excluding hydrogens is 370 g/mol. The molecule has 2 aromatic heterocycles. The Morgan fingerprint density at radius 3 is 2.79 bits per heavy atom. The largest absolute Gasteiger partial charge is 0.325 e. The molecule has 1 amide bonds. The molecule has 146 valence electrons. The highest BCUT2D eigenvalue weighted by Crippen LogP contribution is 2.35. The number of nitrogens with one attached hydrogen (secondary N) is 1. The van der Waals surface area contributed by atoms with E-state index in [4.69, 9.17) is 0 Å². The SMILES string of the molecule is CCc1ccc(NC(=O)Cn2c(C)nc3sc4c(c3c2=O)CCC(C)C4)cc1. The molecule has 4 rings (SSSR count). The predicted molar refractivity (Wildman–Crippen MR) is 114 cm³/mol. The van der Waals surface area contributed by atoms with Crippen LogP contribution in [0.1, 0.15) is 42.1 Å². The second-order valence-corrected chi connectivity index (χ2v) is 8.76. The summed E-state index contributed by atoms with van der Waals surface area (Å²) in [5.74, 6) is 1.02. The molecule has 2 heterocycles. The number of thiophene rings is 1. The topological polar surface area (TPSA) is 64.0 Å². The van der Waals surface area contributed by atoms with Crippen molar-refractivity contribution in [1.29, 1.82) is 0 Å². The quantitative estimate of drug-likeness (QED) is 0.724. The van der Waals surface area contributed by atoms with Gasteiger partial charge in [0.05, 0.1) is 5.39 Å². The van der Waals surface area contributed by atoms with Crippen molar-refractivity contribution >= 4 is 33.1 Å². The van der Waals surface area contributed by atoms with Crippen molar-refractivity contribution in [3.8, 4) is 0 Å². The lowest BCUT2D eigenvalue weighted by Gasteiger charge is -2.17. The van der Waals surface area contributed by atoms with Gasteiger partial charge >= 0.3 is 0 Å². The van der Waals surface area contributed by atoms with Crippen molar-refractivity contribution in [2.75, 3.05) is 5.32 Å². The van der Waals surface area contributed by atoms with Crippen molar-refractivity contribution in [1.82, 2.24) is 9.55 Å². The summed E-state index contributed by atoms with van der Waals surface area (Å²) in [5, 5.41) is 3.60. The summed E-state index contributed by atoms with van der Waals surface area (Å²) in [6.45, 7) is 6.12. The number of carbonyl (C=O) groups excluding carboxylic acids is 1. The first-order valence-corrected chi connectivity index (χ1v) is 10.7. The number of fused-ring (bicyclic) bond motifs is 3. The van der Waals surface area contributed by atoms with E-state index in [9.17, 15) is 9.59 Å². The summed E-state index contributed by atoms with van der Waals surface area (Å²) in [5.41, 5.74) is 3.02. The normalized spacial score (nSPS) is 16.2. The van der Waals surface area contributed by atoms with Crippen molar-refractivity contribution in [2.24, 2.45) is 5.92 Å². The molecule has 1 aliphatic carbocycles. The van der Waals surface area contributed by atoms with Gasteiger partial charge in [0.25, 0.3) is 5.56 Å². The number of benzene rings is 1. The van der Waals surface area contributed by atoms with E-state index in [1.54, 1.807) is 18.3 Å². The number of aryl methyl sites for hydroxylation is 3. The number of anilines is 1. The third-order valence-corrected chi connectivity index (χ3v) is 6.70. The molecule has 0 spiro atoms.